The maximum atomic E-state index is 9.06. The molecule has 13 heavy (non-hydrogen) atoms. The van der Waals surface area contributed by atoms with Gasteiger partial charge in [0.15, 0.2) is 0 Å². The minimum atomic E-state index is -0.0801. The number of aliphatic hydroxyl groups is 1. The predicted octanol–water partition coefficient (Wildman–Crippen LogP) is 0.659. The van der Waals surface area contributed by atoms with Gasteiger partial charge in [-0.3, -0.25) is 0 Å². The Labute approximate surface area is 77.0 Å². The van der Waals surface area contributed by atoms with Crippen LogP contribution in [0.5, 0.6) is 0 Å². The van der Waals surface area contributed by atoms with Gasteiger partial charge in [-0.1, -0.05) is 0 Å². The second kappa shape index (κ2) is 3.70. The van der Waals surface area contributed by atoms with Crippen LogP contribution >= 0.6 is 0 Å². The Kier molecular flexibility index (Phi) is 2.40. The van der Waals surface area contributed by atoms with E-state index in [1.165, 1.54) is 0 Å². The molecule has 0 saturated heterocycles. The fourth-order valence-corrected chi connectivity index (χ4v) is 1.49. The van der Waals surface area contributed by atoms with Crippen LogP contribution in [0.4, 0.5) is 5.95 Å². The molecule has 0 spiro atoms. The maximum absolute atomic E-state index is 9.06. The third-order valence-corrected chi connectivity index (χ3v) is 2.33. The lowest BCUT2D eigenvalue weighted by molar-refractivity contribution is 0.0486. The largest absolute Gasteiger partial charge is 0.393 e. The number of hydrogen-bond donors (Lipinski definition) is 2. The molecule has 70 valence electrons. The molecule has 0 amide bonds. The van der Waals surface area contributed by atoms with Crippen molar-refractivity contribution in [3.05, 3.63) is 18.5 Å². The number of rotatable bonds is 3. The molecule has 4 nitrogen and oxygen atoms in total. The van der Waals surface area contributed by atoms with Crippen molar-refractivity contribution in [1.29, 1.82) is 0 Å². The summed E-state index contributed by atoms with van der Waals surface area (Å²) in [7, 11) is 0. The van der Waals surface area contributed by atoms with Crippen molar-refractivity contribution in [2.45, 2.75) is 18.9 Å². The number of aliphatic hydroxyl groups excluding tert-OH is 1. The van der Waals surface area contributed by atoms with Crippen LogP contribution in [-0.2, 0) is 0 Å². The summed E-state index contributed by atoms with van der Waals surface area (Å²) >= 11 is 0. The van der Waals surface area contributed by atoms with E-state index in [1.54, 1.807) is 18.5 Å². The van der Waals surface area contributed by atoms with Crippen LogP contribution in [0.3, 0.4) is 0 Å². The van der Waals surface area contributed by atoms with Gasteiger partial charge in [0, 0.05) is 18.9 Å². The fourth-order valence-electron chi connectivity index (χ4n) is 1.49. The first-order valence-corrected chi connectivity index (χ1v) is 4.53. The van der Waals surface area contributed by atoms with Crippen LogP contribution in [0.25, 0.3) is 0 Å². The third-order valence-electron chi connectivity index (χ3n) is 2.33. The minimum absolute atomic E-state index is 0.0801. The summed E-state index contributed by atoms with van der Waals surface area (Å²) in [5, 5.41) is 12.2. The number of hydrogen-bond acceptors (Lipinski definition) is 4. The highest BCUT2D eigenvalue weighted by Crippen LogP contribution is 2.26. The zero-order chi connectivity index (χ0) is 9.10. The van der Waals surface area contributed by atoms with Crippen molar-refractivity contribution < 1.29 is 5.11 Å². The number of nitrogens with one attached hydrogen (secondary N) is 1. The van der Waals surface area contributed by atoms with Crippen molar-refractivity contribution in [2.24, 2.45) is 5.92 Å². The van der Waals surface area contributed by atoms with E-state index in [1.807, 2.05) is 0 Å². The van der Waals surface area contributed by atoms with Crippen molar-refractivity contribution in [2.75, 3.05) is 11.9 Å². The molecule has 0 unspecified atom stereocenters. The van der Waals surface area contributed by atoms with Gasteiger partial charge in [-0.15, -0.1) is 0 Å². The first-order chi connectivity index (χ1) is 6.34. The van der Waals surface area contributed by atoms with Gasteiger partial charge in [0.25, 0.3) is 0 Å². The van der Waals surface area contributed by atoms with Gasteiger partial charge in [0.2, 0.25) is 5.95 Å². The molecule has 1 aliphatic rings. The Bertz CT molecular complexity index is 259. The molecule has 1 aliphatic carbocycles. The van der Waals surface area contributed by atoms with Gasteiger partial charge >= 0.3 is 0 Å². The van der Waals surface area contributed by atoms with E-state index in [2.05, 4.69) is 15.3 Å². The zero-order valence-corrected chi connectivity index (χ0v) is 7.35. The maximum Gasteiger partial charge on any atom is 0.222 e. The molecule has 0 atom stereocenters. The van der Waals surface area contributed by atoms with Gasteiger partial charge in [-0.25, -0.2) is 9.97 Å². The molecule has 1 heterocycles. The van der Waals surface area contributed by atoms with Crippen molar-refractivity contribution in [3.63, 3.8) is 0 Å². The van der Waals surface area contributed by atoms with Crippen molar-refractivity contribution in [1.82, 2.24) is 9.97 Å². The summed E-state index contributed by atoms with van der Waals surface area (Å²) in [5.41, 5.74) is 0. The Morgan fingerprint density at radius 1 is 1.38 bits per heavy atom. The quantitative estimate of drug-likeness (QED) is 0.715. The molecule has 2 N–H and O–H groups in total. The van der Waals surface area contributed by atoms with Crippen LogP contribution in [0.15, 0.2) is 18.5 Å². The van der Waals surface area contributed by atoms with Gasteiger partial charge in [-0.05, 0) is 24.8 Å². The summed E-state index contributed by atoms with van der Waals surface area (Å²) in [4.78, 5) is 8.09. The molecule has 4 heteroatoms. The highest BCUT2D eigenvalue weighted by molar-refractivity contribution is 5.22. The van der Waals surface area contributed by atoms with E-state index >= 15 is 0 Å². The van der Waals surface area contributed by atoms with Gasteiger partial charge in [0.1, 0.15) is 0 Å². The van der Waals surface area contributed by atoms with E-state index in [4.69, 9.17) is 5.11 Å². The zero-order valence-electron chi connectivity index (χ0n) is 7.35. The fraction of sp³-hybridized carbons (Fsp3) is 0.556. The molecule has 2 rings (SSSR count). The van der Waals surface area contributed by atoms with Gasteiger partial charge in [0.05, 0.1) is 6.10 Å². The first kappa shape index (κ1) is 8.44. The summed E-state index contributed by atoms with van der Waals surface area (Å²) < 4.78 is 0. The highest BCUT2D eigenvalue weighted by Gasteiger charge is 2.26. The monoisotopic (exact) mass is 179 g/mol. The molecule has 1 saturated carbocycles. The second-order valence-electron chi connectivity index (χ2n) is 3.44. The number of aromatic nitrogens is 2. The van der Waals surface area contributed by atoms with E-state index in [9.17, 15) is 0 Å². The molecule has 1 fully saturated rings. The summed E-state index contributed by atoms with van der Waals surface area (Å²) in [6.45, 7) is 0.862. The number of anilines is 1. The average Bonchev–Trinajstić information content (AvgIpc) is 2.12. The molecule has 0 radical (unpaired) electrons. The molecule has 0 aliphatic heterocycles. The van der Waals surface area contributed by atoms with Crippen LogP contribution in [-0.4, -0.2) is 27.7 Å². The molecule has 0 aromatic carbocycles. The van der Waals surface area contributed by atoms with E-state index in [-0.39, 0.29) is 6.10 Å². The molecule has 0 bridgehead atoms. The van der Waals surface area contributed by atoms with Crippen LogP contribution in [0.1, 0.15) is 12.8 Å². The Balaban J connectivity index is 1.74. The van der Waals surface area contributed by atoms with E-state index < -0.39 is 0 Å². The summed E-state index contributed by atoms with van der Waals surface area (Å²) in [5.74, 6) is 1.25. The smallest absolute Gasteiger partial charge is 0.222 e. The van der Waals surface area contributed by atoms with Gasteiger partial charge < -0.3 is 10.4 Å². The van der Waals surface area contributed by atoms with Crippen molar-refractivity contribution in [3.8, 4) is 0 Å². The number of nitrogens with zero attached hydrogens (tertiary/aromatic N) is 2. The molecule has 1 aromatic rings. The third kappa shape index (κ3) is 2.15. The Morgan fingerprint density at radius 2 is 2.08 bits per heavy atom. The molecular weight excluding hydrogens is 166 g/mol. The van der Waals surface area contributed by atoms with Crippen molar-refractivity contribution >= 4 is 5.95 Å². The van der Waals surface area contributed by atoms with E-state index in [0.29, 0.717) is 11.9 Å². The van der Waals surface area contributed by atoms with Crippen LogP contribution in [0, 0.1) is 5.92 Å². The highest BCUT2D eigenvalue weighted by atomic mass is 16.3. The topological polar surface area (TPSA) is 58.0 Å². The van der Waals surface area contributed by atoms with Crippen LogP contribution in [0.2, 0.25) is 0 Å². The lowest BCUT2D eigenvalue weighted by Crippen LogP contribution is -2.33. The predicted molar refractivity (Wildman–Crippen MR) is 49.3 cm³/mol. The van der Waals surface area contributed by atoms with Gasteiger partial charge in [-0.2, -0.15) is 0 Å². The second-order valence-corrected chi connectivity index (χ2v) is 3.44. The minimum Gasteiger partial charge on any atom is -0.393 e. The van der Waals surface area contributed by atoms with E-state index in [0.717, 1.165) is 19.4 Å². The Hall–Kier alpha value is -1.16. The lowest BCUT2D eigenvalue weighted by atomic mass is 9.82. The summed E-state index contributed by atoms with van der Waals surface area (Å²) in [6, 6.07) is 1.79. The molecular formula is C9H13N3O. The normalized spacial score (nSPS) is 26.5. The summed E-state index contributed by atoms with van der Waals surface area (Å²) in [6.07, 6.45) is 5.15. The molecule has 1 aromatic heterocycles. The lowest BCUT2D eigenvalue weighted by Gasteiger charge is -2.31. The van der Waals surface area contributed by atoms with Crippen LogP contribution < -0.4 is 5.32 Å². The SMILES string of the molecule is OC1CC(CNc2ncccn2)C1. The average molecular weight is 179 g/mol. The first-order valence-electron chi connectivity index (χ1n) is 4.53. The standard InChI is InChI=1S/C9H13N3O/c13-8-4-7(5-8)6-12-9-10-2-1-3-11-9/h1-3,7-8,13H,4-6H2,(H,10,11,12). The Morgan fingerprint density at radius 3 is 2.69 bits per heavy atom.